The van der Waals surface area contributed by atoms with E-state index < -0.39 is 17.5 Å². The maximum Gasteiger partial charge on any atom is 0.325 e. The second kappa shape index (κ2) is 8.40. The summed E-state index contributed by atoms with van der Waals surface area (Å²) < 4.78 is 5.21. The van der Waals surface area contributed by atoms with Gasteiger partial charge in [-0.25, -0.2) is 4.79 Å². The smallest absolute Gasteiger partial charge is 0.325 e. The number of nitrogens with one attached hydrogen (secondary N) is 2. The average Bonchev–Trinajstić information content (AvgIpc) is 3.41. The van der Waals surface area contributed by atoms with Crippen LogP contribution in [0.5, 0.6) is 0 Å². The molecule has 1 aromatic heterocycles. The first kappa shape index (κ1) is 20.9. The number of carbonyl (C=O) groups excluding carboxylic acids is 3. The van der Waals surface area contributed by atoms with Gasteiger partial charge < -0.3 is 15.1 Å². The third-order valence-corrected chi connectivity index (χ3v) is 5.40. The number of nitriles is 1. The molecule has 0 saturated carbocycles. The van der Waals surface area contributed by atoms with Crippen molar-refractivity contribution in [2.45, 2.75) is 25.6 Å². The maximum absolute atomic E-state index is 13.1. The summed E-state index contributed by atoms with van der Waals surface area (Å²) in [5.74, 6) is -0.0568. The van der Waals surface area contributed by atoms with Crippen LogP contribution < -0.4 is 10.6 Å². The maximum atomic E-state index is 13.1. The highest BCUT2D eigenvalue weighted by atomic mass is 16.3. The van der Waals surface area contributed by atoms with Crippen molar-refractivity contribution in [1.29, 1.82) is 5.26 Å². The van der Waals surface area contributed by atoms with Crippen LogP contribution in [-0.4, -0.2) is 22.7 Å². The first-order chi connectivity index (χ1) is 15.4. The van der Waals surface area contributed by atoms with Crippen molar-refractivity contribution < 1.29 is 18.8 Å². The van der Waals surface area contributed by atoms with Crippen LogP contribution in [0.3, 0.4) is 0 Å². The Morgan fingerprint density at radius 2 is 1.94 bits per heavy atom. The van der Waals surface area contributed by atoms with E-state index in [-0.39, 0.29) is 19.0 Å². The third kappa shape index (κ3) is 3.96. The summed E-state index contributed by atoms with van der Waals surface area (Å²) in [4.78, 5) is 39.3. The molecule has 1 atom stereocenters. The van der Waals surface area contributed by atoms with Crippen LogP contribution in [0.4, 0.5) is 4.79 Å². The van der Waals surface area contributed by atoms with E-state index in [0.29, 0.717) is 28.0 Å². The van der Waals surface area contributed by atoms with E-state index in [0.717, 1.165) is 4.90 Å². The molecule has 0 bridgehead atoms. The Kier molecular flexibility index (Phi) is 5.48. The zero-order chi connectivity index (χ0) is 22.7. The zero-order valence-electron chi connectivity index (χ0n) is 17.3. The highest BCUT2D eigenvalue weighted by Gasteiger charge is 2.48. The number of hydrogen-bond acceptors (Lipinski definition) is 5. The first-order valence-corrected chi connectivity index (χ1v) is 9.95. The molecule has 8 heteroatoms. The quantitative estimate of drug-likeness (QED) is 0.586. The number of urea groups is 1. The van der Waals surface area contributed by atoms with Crippen molar-refractivity contribution in [3.05, 3.63) is 94.9 Å². The lowest BCUT2D eigenvalue weighted by molar-refractivity contribution is -0.131. The Balaban J connectivity index is 1.48. The number of imide groups is 1. The fourth-order valence-electron chi connectivity index (χ4n) is 3.59. The lowest BCUT2D eigenvalue weighted by Crippen LogP contribution is -2.40. The van der Waals surface area contributed by atoms with Gasteiger partial charge >= 0.3 is 6.03 Å². The number of benzene rings is 2. The Morgan fingerprint density at radius 3 is 2.62 bits per heavy atom. The largest absolute Gasteiger partial charge is 0.467 e. The van der Waals surface area contributed by atoms with E-state index in [1.54, 1.807) is 67.6 Å². The van der Waals surface area contributed by atoms with Crippen molar-refractivity contribution in [2.24, 2.45) is 0 Å². The van der Waals surface area contributed by atoms with Gasteiger partial charge in [0.25, 0.3) is 11.8 Å². The van der Waals surface area contributed by atoms with Crippen LogP contribution in [0.2, 0.25) is 0 Å². The zero-order valence-corrected chi connectivity index (χ0v) is 17.3. The molecule has 1 aliphatic heterocycles. The van der Waals surface area contributed by atoms with Crippen molar-refractivity contribution in [1.82, 2.24) is 15.5 Å². The molecule has 0 spiro atoms. The molecule has 4 amide bonds. The van der Waals surface area contributed by atoms with Crippen LogP contribution in [0.25, 0.3) is 0 Å². The summed E-state index contributed by atoms with van der Waals surface area (Å²) in [5, 5.41) is 14.5. The molecule has 0 aliphatic carbocycles. The summed E-state index contributed by atoms with van der Waals surface area (Å²) in [6, 6.07) is 18.3. The molecule has 1 fully saturated rings. The number of hydrogen-bond donors (Lipinski definition) is 2. The summed E-state index contributed by atoms with van der Waals surface area (Å²) in [7, 11) is 0. The van der Waals surface area contributed by atoms with Gasteiger partial charge in [0.1, 0.15) is 11.3 Å². The van der Waals surface area contributed by atoms with Gasteiger partial charge in [-0.2, -0.15) is 5.26 Å². The standard InChI is InChI=1S/C24H20N4O4/c1-24(19-9-7-16(13-25)8-10-19)22(30)28(23(31)27-24)15-17-4-2-5-18(12-17)21(29)26-14-20-6-3-11-32-20/h2-12H,14-15H2,1H3,(H,26,29)(H,27,31). The highest BCUT2D eigenvalue weighted by molar-refractivity contribution is 6.07. The van der Waals surface area contributed by atoms with Gasteiger partial charge in [0.2, 0.25) is 0 Å². The van der Waals surface area contributed by atoms with Crippen LogP contribution in [-0.2, 0) is 23.4 Å². The molecule has 1 unspecified atom stereocenters. The molecule has 3 aromatic rings. The molecular weight excluding hydrogens is 408 g/mol. The van der Waals surface area contributed by atoms with E-state index in [2.05, 4.69) is 10.6 Å². The van der Waals surface area contributed by atoms with Crippen molar-refractivity contribution in [2.75, 3.05) is 0 Å². The summed E-state index contributed by atoms with van der Waals surface area (Å²) in [6.07, 6.45) is 1.53. The topological polar surface area (TPSA) is 115 Å². The van der Waals surface area contributed by atoms with Gasteiger partial charge in [0.15, 0.2) is 0 Å². The molecule has 32 heavy (non-hydrogen) atoms. The van der Waals surface area contributed by atoms with Crippen LogP contribution in [0.1, 0.15) is 39.7 Å². The molecular formula is C24H20N4O4. The lowest BCUT2D eigenvalue weighted by Gasteiger charge is -2.22. The molecule has 1 saturated heterocycles. The Bertz CT molecular complexity index is 1210. The minimum Gasteiger partial charge on any atom is -0.467 e. The summed E-state index contributed by atoms with van der Waals surface area (Å²) >= 11 is 0. The van der Waals surface area contributed by atoms with Crippen LogP contribution in [0.15, 0.2) is 71.3 Å². The predicted molar refractivity (Wildman–Crippen MR) is 114 cm³/mol. The van der Waals surface area contributed by atoms with Crippen LogP contribution >= 0.6 is 0 Å². The Morgan fingerprint density at radius 1 is 1.16 bits per heavy atom. The number of furan rings is 1. The molecule has 160 valence electrons. The molecule has 0 radical (unpaired) electrons. The van der Waals surface area contributed by atoms with Gasteiger partial charge in [-0.1, -0.05) is 24.3 Å². The second-order valence-electron chi connectivity index (χ2n) is 7.60. The molecule has 1 aliphatic rings. The van der Waals surface area contributed by atoms with E-state index >= 15 is 0 Å². The normalized spacial score (nSPS) is 17.7. The SMILES string of the molecule is CC1(c2ccc(C#N)cc2)NC(=O)N(Cc2cccc(C(=O)NCc3ccco3)c2)C1=O. The van der Waals surface area contributed by atoms with Gasteiger partial charge in [-0.3, -0.25) is 14.5 Å². The molecule has 2 N–H and O–H groups in total. The number of nitrogens with zero attached hydrogens (tertiary/aromatic N) is 2. The number of carbonyl (C=O) groups is 3. The average molecular weight is 428 g/mol. The molecule has 2 aromatic carbocycles. The second-order valence-corrected chi connectivity index (χ2v) is 7.60. The van der Waals surface area contributed by atoms with Gasteiger partial charge in [0.05, 0.1) is 31.0 Å². The Labute approximate surface area is 184 Å². The molecule has 8 nitrogen and oxygen atoms in total. The number of rotatable bonds is 6. The minimum absolute atomic E-state index is 0.0237. The lowest BCUT2D eigenvalue weighted by atomic mass is 9.91. The Hall–Kier alpha value is -4.38. The van der Waals surface area contributed by atoms with Crippen LogP contribution in [0, 0.1) is 11.3 Å². The fourth-order valence-corrected chi connectivity index (χ4v) is 3.59. The van der Waals surface area contributed by atoms with E-state index in [1.165, 1.54) is 6.26 Å². The summed E-state index contributed by atoms with van der Waals surface area (Å²) in [5.41, 5.74) is 0.874. The van der Waals surface area contributed by atoms with Crippen molar-refractivity contribution in [3.63, 3.8) is 0 Å². The van der Waals surface area contributed by atoms with Gasteiger partial charge in [0, 0.05) is 5.56 Å². The third-order valence-electron chi connectivity index (χ3n) is 5.40. The van der Waals surface area contributed by atoms with E-state index in [1.807, 2.05) is 6.07 Å². The highest BCUT2D eigenvalue weighted by Crippen LogP contribution is 2.30. The summed E-state index contributed by atoms with van der Waals surface area (Å²) in [6.45, 7) is 1.91. The monoisotopic (exact) mass is 428 g/mol. The fraction of sp³-hybridized carbons (Fsp3) is 0.167. The molecule has 2 heterocycles. The van der Waals surface area contributed by atoms with Crippen molar-refractivity contribution in [3.8, 4) is 6.07 Å². The predicted octanol–water partition coefficient (Wildman–Crippen LogP) is 3.05. The number of amides is 4. The molecule has 4 rings (SSSR count). The van der Waals surface area contributed by atoms with Gasteiger partial charge in [-0.05, 0) is 54.4 Å². The van der Waals surface area contributed by atoms with Crippen molar-refractivity contribution >= 4 is 17.8 Å². The van der Waals surface area contributed by atoms with E-state index in [4.69, 9.17) is 9.68 Å². The first-order valence-electron chi connectivity index (χ1n) is 9.95. The van der Waals surface area contributed by atoms with E-state index in [9.17, 15) is 14.4 Å². The van der Waals surface area contributed by atoms with Gasteiger partial charge in [-0.15, -0.1) is 0 Å². The minimum atomic E-state index is -1.23.